The summed E-state index contributed by atoms with van der Waals surface area (Å²) >= 11 is 0. The third-order valence-corrected chi connectivity index (χ3v) is 6.70. The zero-order valence-electron chi connectivity index (χ0n) is 23.0. The lowest BCUT2D eigenvalue weighted by Crippen LogP contribution is -2.28. The van der Waals surface area contributed by atoms with Gasteiger partial charge in [0.1, 0.15) is 5.66 Å². The highest BCUT2D eigenvalue weighted by molar-refractivity contribution is 6.54. The smallest absolute Gasteiger partial charge is 0.412 e. The minimum atomic E-state index is -0.522. The Morgan fingerprint density at radius 1 is 0.718 bits per heavy atom. The molecule has 0 saturated carbocycles. The third kappa shape index (κ3) is 7.47. The molecule has 0 unspecified atom stereocenters. The van der Waals surface area contributed by atoms with Gasteiger partial charge in [-0.1, -0.05) is 86.0 Å². The second-order valence-corrected chi connectivity index (χ2v) is 9.70. The van der Waals surface area contributed by atoms with E-state index in [1.54, 1.807) is 18.2 Å². The predicted molar refractivity (Wildman–Crippen MR) is 156 cm³/mol. The second-order valence-electron chi connectivity index (χ2n) is 9.70. The van der Waals surface area contributed by atoms with Crippen LogP contribution in [0.5, 0.6) is 17.2 Å². The summed E-state index contributed by atoms with van der Waals surface area (Å²) in [5.41, 5.74) is 3.67. The van der Waals surface area contributed by atoms with Crippen LogP contribution in [0.15, 0.2) is 88.8 Å². The number of rotatable bonds is 13. The van der Waals surface area contributed by atoms with Crippen LogP contribution in [0.25, 0.3) is 0 Å². The molecule has 0 radical (unpaired) electrons. The number of nitrogens with one attached hydrogen (secondary N) is 1. The molecule has 0 aliphatic carbocycles. The first-order chi connectivity index (χ1) is 19.0. The van der Waals surface area contributed by atoms with E-state index in [9.17, 15) is 4.79 Å². The Hall–Kier alpha value is -4.13. The Bertz CT molecular complexity index is 1210. The molecule has 39 heavy (non-hydrogen) atoms. The first-order valence-corrected chi connectivity index (χ1v) is 13.5. The number of aliphatic imine (C=N–C) groups is 2. The highest BCUT2D eigenvalue weighted by Crippen LogP contribution is 2.36. The Kier molecular flexibility index (Phi) is 9.73. The van der Waals surface area contributed by atoms with Crippen LogP contribution in [0.1, 0.15) is 56.6 Å². The van der Waals surface area contributed by atoms with Crippen LogP contribution < -0.4 is 19.5 Å². The van der Waals surface area contributed by atoms with E-state index in [0.29, 0.717) is 18.0 Å². The molecule has 1 heterocycles. The van der Waals surface area contributed by atoms with Gasteiger partial charge in [-0.05, 0) is 38.3 Å². The van der Waals surface area contributed by atoms with Gasteiger partial charge in [-0.2, -0.15) is 0 Å². The molecule has 1 N–H and O–H groups in total. The molecule has 7 heteroatoms. The summed E-state index contributed by atoms with van der Waals surface area (Å²) in [5, 5.41) is 2.81. The topological polar surface area (TPSA) is 81.5 Å². The molecular formula is C32H37N3O4. The standard InChI is InChI=1S/C32H37N3O4/c1-32(34-28(24-16-9-7-10-17-24)29(35-32)25-18-11-8-12-19-25)22-13-5-4-6-14-23-33-31(36)39-30-26(37-2)20-15-21-27(30)38-3/h7-12,15-21H,4-6,13-14,22-23H2,1-3H3,(H,33,36). The number of carbonyl (C=O) groups excluding carboxylic acids is 1. The van der Waals surface area contributed by atoms with Gasteiger partial charge in [0.15, 0.2) is 11.5 Å². The van der Waals surface area contributed by atoms with Crippen molar-refractivity contribution in [1.82, 2.24) is 5.32 Å². The molecule has 1 amide bonds. The highest BCUT2D eigenvalue weighted by atomic mass is 16.6. The number of hydrogen-bond donors (Lipinski definition) is 1. The summed E-state index contributed by atoms with van der Waals surface area (Å²) in [5.74, 6) is 1.17. The van der Waals surface area contributed by atoms with Gasteiger partial charge in [0.2, 0.25) is 5.75 Å². The van der Waals surface area contributed by atoms with E-state index >= 15 is 0 Å². The minimum absolute atomic E-state index is 0.275. The van der Waals surface area contributed by atoms with Crippen molar-refractivity contribution in [1.29, 1.82) is 0 Å². The zero-order chi connectivity index (χ0) is 27.5. The van der Waals surface area contributed by atoms with E-state index < -0.39 is 11.8 Å². The molecule has 0 atom stereocenters. The molecular weight excluding hydrogens is 490 g/mol. The van der Waals surface area contributed by atoms with Crippen LogP contribution in [0, 0.1) is 0 Å². The lowest BCUT2D eigenvalue weighted by Gasteiger charge is -2.17. The SMILES string of the molecule is COc1cccc(OC)c1OC(=O)NCCCCCCCC1(C)N=C(c2ccccc2)C(c2ccccc2)=N1. The van der Waals surface area contributed by atoms with Crippen LogP contribution in [0.4, 0.5) is 4.79 Å². The van der Waals surface area contributed by atoms with Gasteiger partial charge >= 0.3 is 6.09 Å². The van der Waals surface area contributed by atoms with Crippen LogP contribution in [-0.4, -0.2) is 43.9 Å². The molecule has 0 saturated heterocycles. The molecule has 3 aromatic carbocycles. The number of methoxy groups -OCH3 is 2. The van der Waals surface area contributed by atoms with Crippen molar-refractivity contribution in [2.45, 2.75) is 51.1 Å². The summed E-state index contributed by atoms with van der Waals surface area (Å²) in [4.78, 5) is 22.5. The van der Waals surface area contributed by atoms with Gasteiger partial charge in [-0.15, -0.1) is 0 Å². The molecule has 0 fully saturated rings. The van der Waals surface area contributed by atoms with E-state index in [4.69, 9.17) is 24.2 Å². The van der Waals surface area contributed by atoms with E-state index in [0.717, 1.165) is 61.1 Å². The van der Waals surface area contributed by atoms with Crippen LogP contribution in [0.3, 0.4) is 0 Å². The second kappa shape index (κ2) is 13.6. The minimum Gasteiger partial charge on any atom is -0.493 e. The Morgan fingerprint density at radius 2 is 1.23 bits per heavy atom. The van der Waals surface area contributed by atoms with E-state index in [2.05, 4.69) is 36.5 Å². The monoisotopic (exact) mass is 527 g/mol. The largest absolute Gasteiger partial charge is 0.493 e. The Balaban J connectivity index is 1.21. The number of hydrogen-bond acceptors (Lipinski definition) is 6. The highest BCUT2D eigenvalue weighted by Gasteiger charge is 2.32. The number of amides is 1. The fourth-order valence-electron chi connectivity index (χ4n) is 4.67. The number of carbonyl (C=O) groups is 1. The summed E-state index contributed by atoms with van der Waals surface area (Å²) < 4.78 is 16.0. The van der Waals surface area contributed by atoms with Crippen molar-refractivity contribution in [2.75, 3.05) is 20.8 Å². The summed E-state index contributed by atoms with van der Waals surface area (Å²) in [6.45, 7) is 2.67. The van der Waals surface area contributed by atoms with Gasteiger partial charge in [0, 0.05) is 17.7 Å². The number of nitrogens with zero attached hydrogens (tertiary/aromatic N) is 2. The normalized spacial score (nSPS) is 13.8. The van der Waals surface area contributed by atoms with E-state index in [1.165, 1.54) is 14.2 Å². The third-order valence-electron chi connectivity index (χ3n) is 6.70. The molecule has 1 aliphatic rings. The van der Waals surface area contributed by atoms with Crippen molar-refractivity contribution in [3.63, 3.8) is 0 Å². The first-order valence-electron chi connectivity index (χ1n) is 13.5. The maximum atomic E-state index is 12.3. The molecule has 204 valence electrons. The summed E-state index contributed by atoms with van der Waals surface area (Å²) in [6.07, 6.45) is 5.48. The number of ether oxygens (including phenoxy) is 3. The van der Waals surface area contributed by atoms with Crippen molar-refractivity contribution < 1.29 is 19.0 Å². The quantitative estimate of drug-likeness (QED) is 0.247. The lowest BCUT2D eigenvalue weighted by atomic mass is 10.0. The van der Waals surface area contributed by atoms with Gasteiger partial charge in [-0.25, -0.2) is 4.79 Å². The fraction of sp³-hybridized carbons (Fsp3) is 0.344. The molecule has 0 spiro atoms. The molecule has 4 rings (SSSR count). The fourth-order valence-corrected chi connectivity index (χ4v) is 4.67. The number of para-hydroxylation sites is 1. The molecule has 7 nitrogen and oxygen atoms in total. The van der Waals surface area contributed by atoms with Crippen molar-refractivity contribution in [3.8, 4) is 17.2 Å². The number of unbranched alkanes of at least 4 members (excludes halogenated alkanes) is 4. The molecule has 0 aromatic heterocycles. The van der Waals surface area contributed by atoms with Crippen LogP contribution in [-0.2, 0) is 0 Å². The lowest BCUT2D eigenvalue weighted by molar-refractivity contribution is 0.195. The Labute approximate surface area is 230 Å². The van der Waals surface area contributed by atoms with Gasteiger partial charge in [-0.3, -0.25) is 9.98 Å². The summed E-state index contributed by atoms with van der Waals surface area (Å²) in [6, 6.07) is 25.8. The average molecular weight is 528 g/mol. The van der Waals surface area contributed by atoms with Crippen LogP contribution in [0.2, 0.25) is 0 Å². The molecule has 0 bridgehead atoms. The number of benzene rings is 3. The molecule has 3 aromatic rings. The van der Waals surface area contributed by atoms with Crippen molar-refractivity contribution in [3.05, 3.63) is 90.0 Å². The summed E-state index contributed by atoms with van der Waals surface area (Å²) in [7, 11) is 3.05. The van der Waals surface area contributed by atoms with Crippen molar-refractivity contribution in [2.24, 2.45) is 9.98 Å². The van der Waals surface area contributed by atoms with Gasteiger partial charge < -0.3 is 19.5 Å². The maximum absolute atomic E-state index is 12.3. The Morgan fingerprint density at radius 3 is 1.77 bits per heavy atom. The van der Waals surface area contributed by atoms with E-state index in [-0.39, 0.29) is 5.75 Å². The van der Waals surface area contributed by atoms with Gasteiger partial charge in [0.05, 0.1) is 25.6 Å². The van der Waals surface area contributed by atoms with E-state index in [1.807, 2.05) is 36.4 Å². The molecule has 1 aliphatic heterocycles. The predicted octanol–water partition coefficient (Wildman–Crippen LogP) is 6.84. The zero-order valence-corrected chi connectivity index (χ0v) is 23.0. The maximum Gasteiger partial charge on any atom is 0.412 e. The van der Waals surface area contributed by atoms with Gasteiger partial charge in [0.25, 0.3) is 0 Å². The average Bonchev–Trinajstić information content (AvgIpc) is 3.33. The van der Waals surface area contributed by atoms with Crippen LogP contribution >= 0.6 is 0 Å². The van der Waals surface area contributed by atoms with Crippen molar-refractivity contribution >= 4 is 17.5 Å². The first kappa shape index (κ1) is 27.9.